The maximum atomic E-state index is 12.6. The summed E-state index contributed by atoms with van der Waals surface area (Å²) in [6.45, 7) is 5.69. The van der Waals surface area contributed by atoms with Crippen molar-refractivity contribution in [2.45, 2.75) is 36.8 Å². The van der Waals surface area contributed by atoms with Crippen molar-refractivity contribution < 1.29 is 33.6 Å². The van der Waals surface area contributed by atoms with Gasteiger partial charge in [-0.1, -0.05) is 19.1 Å². The van der Waals surface area contributed by atoms with Crippen LogP contribution in [0.1, 0.15) is 23.7 Å². The number of hydrogen-bond donors (Lipinski definition) is 0. The number of benzene rings is 2. The summed E-state index contributed by atoms with van der Waals surface area (Å²) in [5, 5.41) is 0.708. The molecule has 2 unspecified atom stereocenters. The van der Waals surface area contributed by atoms with Gasteiger partial charge in [-0.3, -0.25) is 13.4 Å². The van der Waals surface area contributed by atoms with Gasteiger partial charge in [0.1, 0.15) is 17.2 Å². The molecule has 0 aliphatic carbocycles. The van der Waals surface area contributed by atoms with Gasteiger partial charge in [0.15, 0.2) is 0 Å². The third kappa shape index (κ3) is 8.26. The molecule has 5 rings (SSSR count). The predicted octanol–water partition coefficient (Wildman–Crippen LogP) is 1.83. The van der Waals surface area contributed by atoms with E-state index in [1.807, 2.05) is 32.9 Å². The van der Waals surface area contributed by atoms with Gasteiger partial charge in [-0.15, -0.1) is 0 Å². The fourth-order valence-electron chi connectivity index (χ4n) is 3.83. The summed E-state index contributed by atoms with van der Waals surface area (Å²) in [4.78, 5) is 21.5. The molecule has 222 valence electrons. The molecule has 42 heavy (non-hydrogen) atoms. The molecule has 0 fully saturated rings. The Bertz CT molecular complexity index is 1680. The van der Waals surface area contributed by atoms with Crippen molar-refractivity contribution in [3.05, 3.63) is 59.4 Å². The Kier molecular flexibility index (Phi) is 14.5. The molecule has 3 heterocycles. The number of aryl methyl sites for hydroxylation is 1. The number of hydrogen-bond acceptors (Lipinski definition) is 8. The van der Waals surface area contributed by atoms with E-state index in [1.54, 1.807) is 51.8 Å². The molecule has 15 heteroatoms. The normalized spacial score (nSPS) is 11.7. The van der Waals surface area contributed by atoms with Gasteiger partial charge in [0, 0.05) is 44.2 Å². The number of fused-ring (bicyclic) bond motifs is 2. The van der Waals surface area contributed by atoms with Crippen molar-refractivity contribution in [1.82, 2.24) is 24.9 Å². The number of pyridine rings is 1. The van der Waals surface area contributed by atoms with Crippen LogP contribution in [-0.4, -0.2) is 84.5 Å². The number of aromatic nitrogens is 5. The largest absolute Gasteiger partial charge is 2.00 e. The predicted molar refractivity (Wildman–Crippen MR) is 164 cm³/mol. The van der Waals surface area contributed by atoms with Gasteiger partial charge in [-0.2, -0.15) is 0 Å². The molecule has 0 spiro atoms. The zero-order valence-corrected chi connectivity index (χ0v) is 27.3. The van der Waals surface area contributed by atoms with Crippen LogP contribution in [-0.2, 0) is 27.4 Å². The van der Waals surface area contributed by atoms with E-state index in [1.165, 1.54) is 0 Å². The average molecular weight is 628 g/mol. The maximum Gasteiger partial charge on any atom is 2.00 e. The second-order valence-electron chi connectivity index (χ2n) is 8.39. The Morgan fingerprint density at radius 3 is 1.74 bits per heavy atom. The first-order valence-corrected chi connectivity index (χ1v) is 14.6. The summed E-state index contributed by atoms with van der Waals surface area (Å²) in [5.74, 6) is 2.98. The maximum absolute atomic E-state index is 12.6. The number of ether oxygens (including phenoxy) is 3. The van der Waals surface area contributed by atoms with Crippen molar-refractivity contribution in [2.75, 3.05) is 27.1 Å². The molecule has 0 bridgehead atoms. The van der Waals surface area contributed by atoms with Crippen molar-refractivity contribution in [2.24, 2.45) is 0 Å². The summed E-state index contributed by atoms with van der Waals surface area (Å²) >= 11 is 0. The Morgan fingerprint density at radius 1 is 0.786 bits per heavy atom. The fourth-order valence-corrected chi connectivity index (χ4v) is 5.56. The first kappa shape index (κ1) is 36.9. The van der Waals surface area contributed by atoms with E-state index in [0.29, 0.717) is 32.8 Å². The van der Waals surface area contributed by atoms with E-state index >= 15 is 0 Å². The molecule has 5 aromatic rings. The standard InChI is InChI=1S/C17H18N3O3S.C10H11N2O2S.Mg.2H2O/c1-10-8-18-15(11(2)16(10)23-4)9-24(21)17-19-13-6-5-12(22-3)7-14(13)20-17;1-3-15(13)10-11-8-5-4-7(14-2)6-9(8)12-10;;;/h5-8H,9H2,1-4H3;4-6H,3H2,1-2H3;;2*1H2/q2*-1;+2;;. The molecule has 0 radical (unpaired) electrons. The first-order chi connectivity index (χ1) is 18.8. The van der Waals surface area contributed by atoms with Gasteiger partial charge >= 0.3 is 23.1 Å². The van der Waals surface area contributed by atoms with Gasteiger partial charge in [0.05, 0.1) is 43.6 Å². The summed E-state index contributed by atoms with van der Waals surface area (Å²) in [5.41, 5.74) is 5.42. The van der Waals surface area contributed by atoms with Gasteiger partial charge < -0.3 is 45.1 Å². The molecule has 0 saturated carbocycles. The van der Waals surface area contributed by atoms with Gasteiger partial charge in [0.25, 0.3) is 0 Å². The number of nitrogens with zero attached hydrogens (tertiary/aromatic N) is 5. The smallest absolute Gasteiger partial charge is 0.497 e. The zero-order valence-electron chi connectivity index (χ0n) is 24.3. The number of rotatable bonds is 8. The number of methoxy groups -OCH3 is 3. The minimum Gasteiger partial charge on any atom is -0.497 e. The topological polar surface area (TPSA) is 192 Å². The van der Waals surface area contributed by atoms with E-state index < -0.39 is 21.6 Å². The SMILES string of the molecule is CCS(=O)c1nc2cc(OC)ccc2[n-]1.COc1ccc2[n-]c(S(=O)Cc3ncc(C)c(OC)c3C)nc2c1.O.O.[Mg+2]. The van der Waals surface area contributed by atoms with Crippen LogP contribution in [0.3, 0.4) is 0 Å². The Labute approximate surface area is 264 Å². The Morgan fingerprint density at radius 2 is 1.29 bits per heavy atom. The van der Waals surface area contributed by atoms with E-state index in [9.17, 15) is 8.42 Å². The fraction of sp³-hybridized carbons (Fsp3) is 0.296. The summed E-state index contributed by atoms with van der Waals surface area (Å²) in [7, 11) is 2.34. The quantitative estimate of drug-likeness (QED) is 0.229. The minimum absolute atomic E-state index is 0. The van der Waals surface area contributed by atoms with Crippen LogP contribution in [0.25, 0.3) is 22.1 Å². The molecular weight excluding hydrogens is 595 g/mol. The monoisotopic (exact) mass is 627 g/mol. The molecule has 0 saturated heterocycles. The summed E-state index contributed by atoms with van der Waals surface area (Å²) in [6, 6.07) is 10.8. The van der Waals surface area contributed by atoms with E-state index in [4.69, 9.17) is 14.2 Å². The van der Waals surface area contributed by atoms with Gasteiger partial charge in [0.2, 0.25) is 0 Å². The van der Waals surface area contributed by atoms with Crippen LogP contribution in [0, 0.1) is 13.8 Å². The molecular formula is C27H33MgN5O7S2. The molecule has 2 atom stereocenters. The molecule has 4 N–H and O–H groups in total. The first-order valence-electron chi connectivity index (χ1n) is 12.0. The van der Waals surface area contributed by atoms with Crippen LogP contribution in [0.2, 0.25) is 0 Å². The van der Waals surface area contributed by atoms with Crippen LogP contribution in [0.5, 0.6) is 17.2 Å². The van der Waals surface area contributed by atoms with Crippen molar-refractivity contribution >= 4 is 66.7 Å². The van der Waals surface area contributed by atoms with Gasteiger partial charge in [-0.05, 0) is 60.2 Å². The summed E-state index contributed by atoms with van der Waals surface area (Å²) in [6.07, 6.45) is 1.73. The van der Waals surface area contributed by atoms with Crippen LogP contribution in [0.15, 0.2) is 52.9 Å². The molecule has 12 nitrogen and oxygen atoms in total. The van der Waals surface area contributed by atoms with Crippen LogP contribution in [0.4, 0.5) is 0 Å². The van der Waals surface area contributed by atoms with Crippen LogP contribution >= 0.6 is 0 Å². The average Bonchev–Trinajstić information content (AvgIpc) is 3.58. The second kappa shape index (κ2) is 16.5. The van der Waals surface area contributed by atoms with Gasteiger partial charge in [-0.25, -0.2) is 0 Å². The van der Waals surface area contributed by atoms with Crippen molar-refractivity contribution in [1.29, 1.82) is 0 Å². The van der Waals surface area contributed by atoms with Crippen molar-refractivity contribution in [3.63, 3.8) is 0 Å². The minimum atomic E-state index is -1.38. The van der Waals surface area contributed by atoms with E-state index in [2.05, 4.69) is 24.9 Å². The summed E-state index contributed by atoms with van der Waals surface area (Å²) < 4.78 is 39.8. The Balaban J connectivity index is 0.000000428. The van der Waals surface area contributed by atoms with Crippen LogP contribution < -0.4 is 24.2 Å². The molecule has 2 aromatic carbocycles. The zero-order chi connectivity index (χ0) is 28.1. The van der Waals surface area contributed by atoms with Crippen molar-refractivity contribution in [3.8, 4) is 17.2 Å². The third-order valence-corrected chi connectivity index (χ3v) is 8.16. The second-order valence-corrected chi connectivity index (χ2v) is 11.4. The molecule has 0 aliphatic heterocycles. The number of imidazole rings is 2. The molecule has 3 aromatic heterocycles. The molecule has 0 aliphatic rings. The Hall–Kier alpha value is -3.08. The molecule has 0 amide bonds. The third-order valence-electron chi connectivity index (χ3n) is 5.92. The van der Waals surface area contributed by atoms with E-state index in [0.717, 1.165) is 39.4 Å². The van der Waals surface area contributed by atoms with E-state index in [-0.39, 0.29) is 39.8 Å².